The number of amides is 1. The lowest BCUT2D eigenvalue weighted by molar-refractivity contribution is -0.142. The summed E-state index contributed by atoms with van der Waals surface area (Å²) < 4.78 is 10.7. The summed E-state index contributed by atoms with van der Waals surface area (Å²) in [5, 5.41) is 11.3. The molecule has 7 nitrogen and oxygen atoms in total. The first-order chi connectivity index (χ1) is 14.9. The van der Waals surface area contributed by atoms with Gasteiger partial charge in [-0.1, -0.05) is 19.8 Å². The Morgan fingerprint density at radius 1 is 1.10 bits per heavy atom. The normalized spacial score (nSPS) is 10.8. The molecule has 0 saturated heterocycles. The molecule has 2 aromatic carbocycles. The maximum atomic E-state index is 12.0. The van der Waals surface area contributed by atoms with Crippen molar-refractivity contribution in [2.45, 2.75) is 52.9 Å². The van der Waals surface area contributed by atoms with E-state index in [2.05, 4.69) is 27.2 Å². The van der Waals surface area contributed by atoms with E-state index in [0.717, 1.165) is 52.1 Å². The fraction of sp³-hybridized carbons (Fsp3) is 0.375. The van der Waals surface area contributed by atoms with Crippen molar-refractivity contribution in [3.05, 3.63) is 47.2 Å². The SMILES string of the molecule is CCCCCc1[nH]nc2ccc(Oc3c(C)cc(NC(=O)CC(=O)OC)cc3C)cc12. The molecule has 0 spiro atoms. The first-order valence-electron chi connectivity index (χ1n) is 10.5. The van der Waals surface area contributed by atoms with Crippen LogP contribution in [0.5, 0.6) is 11.5 Å². The van der Waals surface area contributed by atoms with Gasteiger partial charge in [-0.15, -0.1) is 0 Å². The molecule has 1 aromatic heterocycles. The van der Waals surface area contributed by atoms with Gasteiger partial charge in [0.15, 0.2) is 0 Å². The Hall–Kier alpha value is -3.35. The molecule has 0 fully saturated rings. The van der Waals surface area contributed by atoms with Gasteiger partial charge >= 0.3 is 5.97 Å². The highest BCUT2D eigenvalue weighted by molar-refractivity contribution is 6.02. The zero-order valence-corrected chi connectivity index (χ0v) is 18.5. The van der Waals surface area contributed by atoms with Crippen LogP contribution in [0.3, 0.4) is 0 Å². The molecule has 7 heteroatoms. The largest absolute Gasteiger partial charge is 0.469 e. The van der Waals surface area contributed by atoms with Crippen molar-refractivity contribution in [3.8, 4) is 11.5 Å². The minimum atomic E-state index is -0.574. The molecule has 0 atom stereocenters. The smallest absolute Gasteiger partial charge is 0.315 e. The number of methoxy groups -OCH3 is 1. The number of carbonyl (C=O) groups excluding carboxylic acids is 2. The van der Waals surface area contributed by atoms with E-state index in [1.54, 1.807) is 0 Å². The Balaban J connectivity index is 1.77. The van der Waals surface area contributed by atoms with Crippen LogP contribution in [0.4, 0.5) is 5.69 Å². The van der Waals surface area contributed by atoms with Crippen molar-refractivity contribution in [3.63, 3.8) is 0 Å². The van der Waals surface area contributed by atoms with E-state index in [-0.39, 0.29) is 6.42 Å². The molecule has 0 aliphatic heterocycles. The number of anilines is 1. The third-order valence-electron chi connectivity index (χ3n) is 5.13. The fourth-order valence-corrected chi connectivity index (χ4v) is 3.56. The average Bonchev–Trinajstić information content (AvgIpc) is 3.13. The number of nitrogens with one attached hydrogen (secondary N) is 2. The van der Waals surface area contributed by atoms with E-state index in [9.17, 15) is 9.59 Å². The van der Waals surface area contributed by atoms with Gasteiger partial charge in [0.1, 0.15) is 17.9 Å². The molecule has 0 unspecified atom stereocenters. The molecule has 0 radical (unpaired) electrons. The van der Waals surface area contributed by atoms with Crippen LogP contribution in [-0.4, -0.2) is 29.2 Å². The van der Waals surface area contributed by atoms with Crippen LogP contribution in [0.2, 0.25) is 0 Å². The van der Waals surface area contributed by atoms with Crippen molar-refractivity contribution in [1.29, 1.82) is 0 Å². The van der Waals surface area contributed by atoms with E-state index in [1.165, 1.54) is 20.0 Å². The van der Waals surface area contributed by atoms with Crippen LogP contribution in [0.1, 0.15) is 49.4 Å². The summed E-state index contributed by atoms with van der Waals surface area (Å²) in [5.41, 5.74) is 4.43. The summed E-state index contributed by atoms with van der Waals surface area (Å²) in [7, 11) is 1.26. The van der Waals surface area contributed by atoms with Crippen LogP contribution in [0.15, 0.2) is 30.3 Å². The summed E-state index contributed by atoms with van der Waals surface area (Å²) in [6.07, 6.45) is 4.14. The topological polar surface area (TPSA) is 93.3 Å². The lowest BCUT2D eigenvalue weighted by Gasteiger charge is -2.14. The number of aromatic nitrogens is 2. The summed E-state index contributed by atoms with van der Waals surface area (Å²) in [6.45, 7) is 6.03. The van der Waals surface area contributed by atoms with Crippen molar-refractivity contribution < 1.29 is 19.1 Å². The van der Waals surface area contributed by atoms with Crippen LogP contribution in [0, 0.1) is 13.8 Å². The van der Waals surface area contributed by atoms with Crippen molar-refractivity contribution in [2.24, 2.45) is 0 Å². The minimum absolute atomic E-state index is 0.321. The molecular weight excluding hydrogens is 394 g/mol. The lowest BCUT2D eigenvalue weighted by atomic mass is 10.1. The van der Waals surface area contributed by atoms with Gasteiger partial charge in [-0.2, -0.15) is 5.10 Å². The molecule has 3 rings (SSSR count). The molecule has 164 valence electrons. The number of unbranched alkanes of at least 4 members (excludes halogenated alkanes) is 2. The van der Waals surface area contributed by atoms with E-state index in [4.69, 9.17) is 4.74 Å². The third kappa shape index (κ3) is 5.63. The minimum Gasteiger partial charge on any atom is -0.469 e. The second-order valence-electron chi connectivity index (χ2n) is 7.68. The maximum absolute atomic E-state index is 12.0. The quantitative estimate of drug-likeness (QED) is 0.280. The number of esters is 1. The number of hydrogen-bond donors (Lipinski definition) is 2. The van der Waals surface area contributed by atoms with Crippen molar-refractivity contribution in [2.75, 3.05) is 12.4 Å². The Morgan fingerprint density at radius 2 is 1.84 bits per heavy atom. The monoisotopic (exact) mass is 423 g/mol. The van der Waals surface area contributed by atoms with E-state index in [1.807, 2.05) is 44.2 Å². The highest BCUT2D eigenvalue weighted by Crippen LogP contribution is 2.33. The van der Waals surface area contributed by atoms with Gasteiger partial charge < -0.3 is 14.8 Å². The number of benzene rings is 2. The molecule has 0 saturated carbocycles. The molecule has 0 aliphatic rings. The number of ether oxygens (including phenoxy) is 2. The summed E-state index contributed by atoms with van der Waals surface area (Å²) in [5.74, 6) is 0.482. The zero-order valence-electron chi connectivity index (χ0n) is 18.5. The maximum Gasteiger partial charge on any atom is 0.315 e. The van der Waals surface area contributed by atoms with E-state index in [0.29, 0.717) is 5.69 Å². The van der Waals surface area contributed by atoms with Gasteiger partial charge in [0, 0.05) is 16.8 Å². The first kappa shape index (κ1) is 22.3. The molecule has 0 bridgehead atoms. The van der Waals surface area contributed by atoms with Gasteiger partial charge in [0.2, 0.25) is 5.91 Å². The highest BCUT2D eigenvalue weighted by Gasteiger charge is 2.14. The Bertz CT molecular complexity index is 1060. The van der Waals surface area contributed by atoms with Gasteiger partial charge in [-0.05, 0) is 68.1 Å². The molecule has 1 heterocycles. The zero-order chi connectivity index (χ0) is 22.4. The standard InChI is InChI=1S/C24H29N3O4/c1-5-6-7-8-20-19-13-18(9-10-21(19)27-26-20)31-24-15(2)11-17(12-16(24)3)25-22(28)14-23(29)30-4/h9-13H,5-8,14H2,1-4H3,(H,25,28)(H,26,27). The Kier molecular flexibility index (Phi) is 7.28. The number of carbonyl (C=O) groups is 2. The predicted molar refractivity (Wildman–Crippen MR) is 121 cm³/mol. The molecule has 3 aromatic rings. The number of H-pyrrole nitrogens is 1. The summed E-state index contributed by atoms with van der Waals surface area (Å²) >= 11 is 0. The molecule has 31 heavy (non-hydrogen) atoms. The Morgan fingerprint density at radius 3 is 2.52 bits per heavy atom. The third-order valence-corrected chi connectivity index (χ3v) is 5.13. The van der Waals surface area contributed by atoms with Crippen LogP contribution < -0.4 is 10.1 Å². The fourth-order valence-electron chi connectivity index (χ4n) is 3.56. The number of aromatic amines is 1. The molecule has 1 amide bonds. The predicted octanol–water partition coefficient (Wildman–Crippen LogP) is 5.21. The second kappa shape index (κ2) is 10.1. The van der Waals surface area contributed by atoms with E-state index < -0.39 is 11.9 Å². The van der Waals surface area contributed by atoms with Gasteiger partial charge in [-0.3, -0.25) is 14.7 Å². The van der Waals surface area contributed by atoms with Gasteiger partial charge in [-0.25, -0.2) is 0 Å². The van der Waals surface area contributed by atoms with Crippen LogP contribution in [0.25, 0.3) is 10.9 Å². The van der Waals surface area contributed by atoms with Gasteiger partial charge in [0.05, 0.1) is 12.6 Å². The number of hydrogen-bond acceptors (Lipinski definition) is 5. The van der Waals surface area contributed by atoms with Crippen molar-refractivity contribution in [1.82, 2.24) is 10.2 Å². The summed E-state index contributed by atoms with van der Waals surface area (Å²) in [4.78, 5) is 23.2. The van der Waals surface area contributed by atoms with Crippen LogP contribution >= 0.6 is 0 Å². The van der Waals surface area contributed by atoms with E-state index >= 15 is 0 Å². The summed E-state index contributed by atoms with van der Waals surface area (Å²) in [6, 6.07) is 9.53. The van der Waals surface area contributed by atoms with Crippen molar-refractivity contribution >= 4 is 28.5 Å². The second-order valence-corrected chi connectivity index (χ2v) is 7.68. The number of fused-ring (bicyclic) bond motifs is 1. The highest BCUT2D eigenvalue weighted by atomic mass is 16.5. The van der Waals surface area contributed by atoms with Gasteiger partial charge in [0.25, 0.3) is 0 Å². The Labute approximate surface area is 182 Å². The molecule has 0 aliphatic carbocycles. The molecule has 2 N–H and O–H groups in total. The number of rotatable bonds is 9. The van der Waals surface area contributed by atoms with Crippen LogP contribution in [-0.2, 0) is 20.7 Å². The number of nitrogens with zero attached hydrogens (tertiary/aromatic N) is 1. The lowest BCUT2D eigenvalue weighted by Crippen LogP contribution is -2.17. The number of aryl methyl sites for hydroxylation is 3. The molecular formula is C24H29N3O4. The average molecular weight is 424 g/mol. The first-order valence-corrected chi connectivity index (χ1v) is 10.5.